The van der Waals surface area contributed by atoms with Gasteiger partial charge in [0, 0.05) is 25.0 Å². The van der Waals surface area contributed by atoms with E-state index >= 15 is 0 Å². The van der Waals surface area contributed by atoms with Gasteiger partial charge < -0.3 is 14.8 Å². The van der Waals surface area contributed by atoms with Crippen molar-refractivity contribution in [2.45, 2.75) is 19.5 Å². The van der Waals surface area contributed by atoms with E-state index in [0.717, 1.165) is 55.1 Å². The van der Waals surface area contributed by atoms with Crippen LogP contribution < -0.4 is 10.1 Å². The Kier molecular flexibility index (Phi) is 6.30. The number of nitrogens with zero attached hydrogens (tertiary/aromatic N) is 3. The zero-order chi connectivity index (χ0) is 20.9. The maximum atomic E-state index is 13.1. The highest BCUT2D eigenvalue weighted by Gasteiger charge is 2.22. The molecule has 1 aliphatic rings. The number of carbonyl (C=O) groups is 1. The Morgan fingerprint density at radius 3 is 2.63 bits per heavy atom. The SMILES string of the molecule is COc1cccc2c(C(=O)N[C@@H](C)c3ccccc3)nn(CCN3CCOCC3)c12. The Morgan fingerprint density at radius 2 is 1.90 bits per heavy atom. The summed E-state index contributed by atoms with van der Waals surface area (Å²) in [5.74, 6) is 0.534. The first-order valence-electron chi connectivity index (χ1n) is 10.4. The number of fused-ring (bicyclic) bond motifs is 1. The summed E-state index contributed by atoms with van der Waals surface area (Å²) in [6.07, 6.45) is 0. The molecule has 2 heterocycles. The molecule has 0 bridgehead atoms. The minimum atomic E-state index is -0.185. The monoisotopic (exact) mass is 408 g/mol. The van der Waals surface area contributed by atoms with Gasteiger partial charge in [-0.1, -0.05) is 42.5 Å². The van der Waals surface area contributed by atoms with Crippen LogP contribution in [0.15, 0.2) is 48.5 Å². The summed E-state index contributed by atoms with van der Waals surface area (Å²) in [5, 5.41) is 8.57. The van der Waals surface area contributed by atoms with Crippen LogP contribution in [0.25, 0.3) is 10.9 Å². The first-order valence-corrected chi connectivity index (χ1v) is 10.4. The van der Waals surface area contributed by atoms with Crippen LogP contribution in [0.4, 0.5) is 0 Å². The van der Waals surface area contributed by atoms with Gasteiger partial charge in [-0.05, 0) is 18.6 Å². The van der Waals surface area contributed by atoms with Crippen molar-refractivity contribution in [2.24, 2.45) is 0 Å². The Balaban J connectivity index is 1.60. The van der Waals surface area contributed by atoms with Crippen molar-refractivity contribution < 1.29 is 14.3 Å². The van der Waals surface area contributed by atoms with Gasteiger partial charge in [-0.15, -0.1) is 0 Å². The molecule has 1 saturated heterocycles. The van der Waals surface area contributed by atoms with E-state index in [0.29, 0.717) is 12.2 Å². The fourth-order valence-electron chi connectivity index (χ4n) is 3.85. The summed E-state index contributed by atoms with van der Waals surface area (Å²) < 4.78 is 12.9. The van der Waals surface area contributed by atoms with Crippen LogP contribution in [-0.4, -0.2) is 60.5 Å². The maximum Gasteiger partial charge on any atom is 0.272 e. The molecule has 1 atom stereocenters. The number of rotatable bonds is 7. The molecule has 0 radical (unpaired) electrons. The second-order valence-electron chi connectivity index (χ2n) is 7.49. The van der Waals surface area contributed by atoms with Crippen molar-refractivity contribution in [1.29, 1.82) is 0 Å². The number of amides is 1. The Morgan fingerprint density at radius 1 is 1.13 bits per heavy atom. The van der Waals surface area contributed by atoms with Crippen LogP contribution in [0, 0.1) is 0 Å². The highest BCUT2D eigenvalue weighted by atomic mass is 16.5. The number of carbonyl (C=O) groups excluding carboxylic acids is 1. The van der Waals surface area contributed by atoms with Crippen LogP contribution in [0.2, 0.25) is 0 Å². The molecule has 0 aliphatic carbocycles. The number of ether oxygens (including phenoxy) is 2. The third-order valence-electron chi connectivity index (χ3n) is 5.55. The van der Waals surface area contributed by atoms with Gasteiger partial charge in [-0.2, -0.15) is 5.10 Å². The third-order valence-corrected chi connectivity index (χ3v) is 5.55. The van der Waals surface area contributed by atoms with E-state index in [9.17, 15) is 4.79 Å². The van der Waals surface area contributed by atoms with Crippen LogP contribution in [0.3, 0.4) is 0 Å². The molecule has 0 saturated carbocycles. The first-order chi connectivity index (χ1) is 14.7. The van der Waals surface area contributed by atoms with E-state index < -0.39 is 0 Å². The van der Waals surface area contributed by atoms with Gasteiger partial charge >= 0.3 is 0 Å². The molecular formula is C23H28N4O3. The lowest BCUT2D eigenvalue weighted by molar-refractivity contribution is 0.0361. The molecular weight excluding hydrogens is 380 g/mol. The highest BCUT2D eigenvalue weighted by molar-refractivity contribution is 6.06. The standard InChI is InChI=1S/C23H28N4O3/c1-17(18-7-4-3-5-8-18)24-23(28)21-19-9-6-10-20(29-2)22(19)27(25-21)12-11-26-13-15-30-16-14-26/h3-10,17H,11-16H2,1-2H3,(H,24,28)/t17-/m0/s1. The predicted octanol–water partition coefficient (Wildman–Crippen LogP) is 2.87. The van der Waals surface area contributed by atoms with Gasteiger partial charge in [0.15, 0.2) is 5.69 Å². The van der Waals surface area contributed by atoms with Crippen LogP contribution in [-0.2, 0) is 11.3 Å². The normalized spacial score (nSPS) is 15.8. The molecule has 3 aromatic rings. The summed E-state index contributed by atoms with van der Waals surface area (Å²) in [4.78, 5) is 15.5. The lowest BCUT2D eigenvalue weighted by atomic mass is 10.1. The van der Waals surface area contributed by atoms with Gasteiger partial charge in [0.25, 0.3) is 5.91 Å². The smallest absolute Gasteiger partial charge is 0.272 e. The molecule has 158 valence electrons. The number of nitrogens with one attached hydrogen (secondary N) is 1. The molecule has 1 amide bonds. The summed E-state index contributed by atoms with van der Waals surface area (Å²) in [6.45, 7) is 6.85. The Hall–Kier alpha value is -2.90. The summed E-state index contributed by atoms with van der Waals surface area (Å²) in [7, 11) is 1.64. The average molecular weight is 409 g/mol. The van der Waals surface area contributed by atoms with E-state index in [-0.39, 0.29) is 11.9 Å². The van der Waals surface area contributed by atoms with E-state index in [1.165, 1.54) is 0 Å². The summed E-state index contributed by atoms with van der Waals surface area (Å²) in [6, 6.07) is 15.5. The van der Waals surface area contributed by atoms with Crippen LogP contribution >= 0.6 is 0 Å². The summed E-state index contributed by atoms with van der Waals surface area (Å²) >= 11 is 0. The zero-order valence-electron chi connectivity index (χ0n) is 17.5. The number of methoxy groups -OCH3 is 1. The first kappa shape index (κ1) is 20.4. The largest absolute Gasteiger partial charge is 0.494 e. The van der Waals surface area contributed by atoms with Gasteiger partial charge in [-0.25, -0.2) is 0 Å². The molecule has 0 spiro atoms. The Labute approximate surface area is 176 Å². The number of hydrogen-bond acceptors (Lipinski definition) is 5. The number of aromatic nitrogens is 2. The highest BCUT2D eigenvalue weighted by Crippen LogP contribution is 2.28. The molecule has 1 aliphatic heterocycles. The van der Waals surface area contributed by atoms with E-state index in [2.05, 4.69) is 10.2 Å². The minimum Gasteiger partial charge on any atom is -0.494 e. The lowest BCUT2D eigenvalue weighted by Gasteiger charge is -2.26. The van der Waals surface area contributed by atoms with Gasteiger partial charge in [0.05, 0.1) is 32.9 Å². The fourth-order valence-corrected chi connectivity index (χ4v) is 3.85. The van der Waals surface area contributed by atoms with Crippen molar-refractivity contribution in [3.63, 3.8) is 0 Å². The van der Waals surface area contributed by atoms with Crippen LogP contribution in [0.5, 0.6) is 5.75 Å². The topological polar surface area (TPSA) is 68.6 Å². The van der Waals surface area contributed by atoms with Crippen molar-refractivity contribution in [2.75, 3.05) is 40.0 Å². The van der Waals surface area contributed by atoms with E-state index in [1.54, 1.807) is 7.11 Å². The van der Waals surface area contributed by atoms with Gasteiger partial charge in [0.1, 0.15) is 11.3 Å². The minimum absolute atomic E-state index is 0.113. The third kappa shape index (κ3) is 4.32. The van der Waals surface area contributed by atoms with Crippen molar-refractivity contribution in [3.8, 4) is 5.75 Å². The predicted molar refractivity (Wildman–Crippen MR) is 116 cm³/mol. The van der Waals surface area contributed by atoms with Gasteiger partial charge in [-0.3, -0.25) is 14.4 Å². The second kappa shape index (κ2) is 9.28. The second-order valence-corrected chi connectivity index (χ2v) is 7.49. The molecule has 30 heavy (non-hydrogen) atoms. The maximum absolute atomic E-state index is 13.1. The fraction of sp³-hybridized carbons (Fsp3) is 0.391. The number of morpholine rings is 1. The molecule has 2 aromatic carbocycles. The van der Waals surface area contributed by atoms with Crippen LogP contribution in [0.1, 0.15) is 29.0 Å². The van der Waals surface area contributed by atoms with Crippen molar-refractivity contribution >= 4 is 16.8 Å². The van der Waals surface area contributed by atoms with Gasteiger partial charge in [0.2, 0.25) is 0 Å². The molecule has 1 aromatic heterocycles. The molecule has 7 nitrogen and oxygen atoms in total. The van der Waals surface area contributed by atoms with Crippen molar-refractivity contribution in [3.05, 3.63) is 59.8 Å². The number of para-hydroxylation sites is 1. The summed E-state index contributed by atoms with van der Waals surface area (Å²) in [5.41, 5.74) is 2.33. The molecule has 1 N–H and O–H groups in total. The van der Waals surface area contributed by atoms with E-state index in [1.807, 2.05) is 60.1 Å². The molecule has 7 heteroatoms. The average Bonchev–Trinajstić information content (AvgIpc) is 3.18. The Bertz CT molecular complexity index is 996. The quantitative estimate of drug-likeness (QED) is 0.651. The zero-order valence-corrected chi connectivity index (χ0v) is 17.5. The lowest BCUT2D eigenvalue weighted by Crippen LogP contribution is -2.38. The molecule has 0 unspecified atom stereocenters. The molecule has 1 fully saturated rings. The van der Waals surface area contributed by atoms with E-state index in [4.69, 9.17) is 14.6 Å². The number of hydrogen-bond donors (Lipinski definition) is 1. The van der Waals surface area contributed by atoms with Crippen molar-refractivity contribution in [1.82, 2.24) is 20.0 Å². The number of benzene rings is 2. The molecule has 4 rings (SSSR count).